The predicted molar refractivity (Wildman–Crippen MR) is 83.6 cm³/mol. The Hall–Kier alpha value is -1.36. The fourth-order valence-corrected chi connectivity index (χ4v) is 3.15. The van der Waals surface area contributed by atoms with E-state index in [1.807, 2.05) is 32.2 Å². The van der Waals surface area contributed by atoms with E-state index in [1.165, 1.54) is 4.88 Å². The number of ether oxygens (including phenoxy) is 1. The Morgan fingerprint density at radius 1 is 1.48 bits per heavy atom. The van der Waals surface area contributed by atoms with Crippen LogP contribution in [0.4, 0.5) is 4.79 Å². The van der Waals surface area contributed by atoms with Crippen LogP contribution in [0.2, 0.25) is 0 Å². The summed E-state index contributed by atoms with van der Waals surface area (Å²) >= 11 is 1.71. The van der Waals surface area contributed by atoms with Gasteiger partial charge in [-0.05, 0) is 45.1 Å². The van der Waals surface area contributed by atoms with Gasteiger partial charge >= 0.3 is 6.09 Å². The van der Waals surface area contributed by atoms with Crippen molar-refractivity contribution in [2.24, 2.45) is 5.92 Å². The Labute approximate surface area is 130 Å². The molecule has 116 valence electrons. The number of nitrogens with zero attached hydrogens (tertiary/aromatic N) is 1. The quantitative estimate of drug-likeness (QED) is 0.858. The van der Waals surface area contributed by atoms with Crippen LogP contribution in [0.5, 0.6) is 0 Å². The first-order valence-electron chi connectivity index (χ1n) is 7.38. The highest BCUT2D eigenvalue weighted by molar-refractivity contribution is 7.09. The molecule has 1 aromatic rings. The second kappa shape index (κ2) is 6.60. The average molecular weight is 309 g/mol. The van der Waals surface area contributed by atoms with Crippen molar-refractivity contribution in [3.63, 3.8) is 0 Å². The summed E-state index contributed by atoms with van der Waals surface area (Å²) < 4.78 is 5.39. The summed E-state index contributed by atoms with van der Waals surface area (Å²) in [4.78, 5) is 27.1. The van der Waals surface area contributed by atoms with Crippen molar-refractivity contribution in [3.05, 3.63) is 22.4 Å². The summed E-state index contributed by atoms with van der Waals surface area (Å²) in [7, 11) is 0. The first kappa shape index (κ1) is 16.0. The molecule has 1 aromatic heterocycles. The lowest BCUT2D eigenvalue weighted by Gasteiger charge is -2.33. The third-order valence-electron chi connectivity index (χ3n) is 3.50. The third kappa shape index (κ3) is 4.84. The number of thiophene rings is 1. The van der Waals surface area contributed by atoms with Gasteiger partial charge in [-0.25, -0.2) is 4.79 Å². The topological polar surface area (TPSA) is 46.6 Å². The van der Waals surface area contributed by atoms with Crippen LogP contribution in [0.15, 0.2) is 17.5 Å². The molecule has 1 amide bonds. The van der Waals surface area contributed by atoms with E-state index >= 15 is 0 Å². The van der Waals surface area contributed by atoms with Gasteiger partial charge in [-0.1, -0.05) is 6.07 Å². The molecule has 1 unspecified atom stereocenters. The van der Waals surface area contributed by atoms with E-state index in [0.717, 1.165) is 12.8 Å². The molecule has 1 aliphatic heterocycles. The summed E-state index contributed by atoms with van der Waals surface area (Å²) in [6, 6.07) is 4.11. The predicted octanol–water partition coefficient (Wildman–Crippen LogP) is 3.51. The molecule has 2 rings (SSSR count). The number of rotatable bonds is 3. The lowest BCUT2D eigenvalue weighted by atomic mass is 9.92. The molecule has 0 N–H and O–H groups in total. The average Bonchev–Trinajstić information content (AvgIpc) is 2.88. The van der Waals surface area contributed by atoms with Crippen molar-refractivity contribution in [3.8, 4) is 0 Å². The van der Waals surface area contributed by atoms with E-state index in [0.29, 0.717) is 19.5 Å². The largest absolute Gasteiger partial charge is 0.444 e. The lowest BCUT2D eigenvalue weighted by molar-refractivity contribution is -0.126. The summed E-state index contributed by atoms with van der Waals surface area (Å²) in [5, 5.41) is 2.05. The number of amides is 1. The maximum atomic E-state index is 12.1. The number of hydrogen-bond donors (Lipinski definition) is 0. The van der Waals surface area contributed by atoms with E-state index in [-0.39, 0.29) is 17.8 Å². The van der Waals surface area contributed by atoms with Gasteiger partial charge in [-0.3, -0.25) is 4.79 Å². The van der Waals surface area contributed by atoms with Crippen LogP contribution in [-0.4, -0.2) is 35.5 Å². The Morgan fingerprint density at radius 3 is 2.86 bits per heavy atom. The highest BCUT2D eigenvalue weighted by Gasteiger charge is 2.31. The Bertz CT molecular complexity index is 490. The molecule has 0 aliphatic carbocycles. The van der Waals surface area contributed by atoms with Gasteiger partial charge in [0.05, 0.1) is 0 Å². The van der Waals surface area contributed by atoms with Crippen molar-refractivity contribution >= 4 is 23.2 Å². The Kier molecular flexibility index (Phi) is 5.04. The zero-order valence-corrected chi connectivity index (χ0v) is 13.7. The number of aryl methyl sites for hydroxylation is 1. The van der Waals surface area contributed by atoms with E-state index < -0.39 is 5.60 Å². The minimum absolute atomic E-state index is 0.0617. The maximum absolute atomic E-state index is 12.1. The molecule has 0 spiro atoms. The molecule has 5 heteroatoms. The molecule has 0 saturated carbocycles. The molecule has 2 heterocycles. The SMILES string of the molecule is CC(C)(C)OC(=O)N1CCC(=O)C(CCc2cccs2)C1. The van der Waals surface area contributed by atoms with Crippen LogP contribution in [0, 0.1) is 5.92 Å². The number of Topliss-reactive ketones (excluding diaryl/α,β-unsaturated/α-hetero) is 1. The fourth-order valence-electron chi connectivity index (χ4n) is 2.42. The Balaban J connectivity index is 1.89. The summed E-state index contributed by atoms with van der Waals surface area (Å²) in [6.45, 7) is 6.53. The third-order valence-corrected chi connectivity index (χ3v) is 4.43. The Morgan fingerprint density at radius 2 is 2.24 bits per heavy atom. The molecule has 0 bridgehead atoms. The molecule has 1 fully saturated rings. The molecule has 4 nitrogen and oxygen atoms in total. The first-order valence-corrected chi connectivity index (χ1v) is 8.26. The zero-order valence-electron chi connectivity index (χ0n) is 12.9. The first-order chi connectivity index (χ1) is 9.85. The smallest absolute Gasteiger partial charge is 0.410 e. The van der Waals surface area contributed by atoms with Crippen molar-refractivity contribution in [1.82, 2.24) is 4.90 Å². The molecule has 21 heavy (non-hydrogen) atoms. The second-order valence-electron chi connectivity index (χ2n) is 6.46. The molecule has 0 aromatic carbocycles. The van der Waals surface area contributed by atoms with Gasteiger partial charge < -0.3 is 9.64 Å². The van der Waals surface area contributed by atoms with Crippen molar-refractivity contribution in [2.45, 2.75) is 45.6 Å². The van der Waals surface area contributed by atoms with Gasteiger partial charge in [0.25, 0.3) is 0 Å². The summed E-state index contributed by atoms with van der Waals surface area (Å²) in [6.07, 6.45) is 1.83. The van der Waals surface area contributed by atoms with Crippen LogP contribution in [0.25, 0.3) is 0 Å². The highest BCUT2D eigenvalue weighted by Crippen LogP contribution is 2.22. The van der Waals surface area contributed by atoms with Gasteiger partial charge in [0.15, 0.2) is 0 Å². The molecule has 1 saturated heterocycles. The number of ketones is 1. The van der Waals surface area contributed by atoms with Crippen LogP contribution < -0.4 is 0 Å². The minimum Gasteiger partial charge on any atom is -0.444 e. The number of carbonyl (C=O) groups excluding carboxylic acids is 2. The zero-order chi connectivity index (χ0) is 15.5. The highest BCUT2D eigenvalue weighted by atomic mass is 32.1. The monoisotopic (exact) mass is 309 g/mol. The summed E-state index contributed by atoms with van der Waals surface area (Å²) in [5.74, 6) is 0.208. The summed E-state index contributed by atoms with van der Waals surface area (Å²) in [5.41, 5.74) is -0.495. The van der Waals surface area contributed by atoms with Gasteiger partial charge in [-0.2, -0.15) is 0 Å². The van der Waals surface area contributed by atoms with E-state index in [1.54, 1.807) is 16.2 Å². The van der Waals surface area contributed by atoms with Gasteiger partial charge in [0, 0.05) is 30.3 Å². The standard InChI is InChI=1S/C16H23NO3S/c1-16(2,3)20-15(19)17-9-8-14(18)12(11-17)6-7-13-5-4-10-21-13/h4-5,10,12H,6-9,11H2,1-3H3. The van der Waals surface area contributed by atoms with Crippen molar-refractivity contribution in [2.75, 3.05) is 13.1 Å². The maximum Gasteiger partial charge on any atom is 0.410 e. The van der Waals surface area contributed by atoms with E-state index in [9.17, 15) is 9.59 Å². The lowest BCUT2D eigenvalue weighted by Crippen LogP contribution is -2.46. The van der Waals surface area contributed by atoms with Crippen LogP contribution in [-0.2, 0) is 16.0 Å². The van der Waals surface area contributed by atoms with Crippen molar-refractivity contribution < 1.29 is 14.3 Å². The molecule has 1 aliphatic rings. The van der Waals surface area contributed by atoms with E-state index in [4.69, 9.17) is 4.74 Å². The normalized spacial score (nSPS) is 19.7. The number of hydrogen-bond acceptors (Lipinski definition) is 4. The second-order valence-corrected chi connectivity index (χ2v) is 7.49. The molecular formula is C16H23NO3S. The molecule has 1 atom stereocenters. The van der Waals surface area contributed by atoms with Gasteiger partial charge in [0.2, 0.25) is 0 Å². The van der Waals surface area contributed by atoms with Crippen LogP contribution >= 0.6 is 11.3 Å². The van der Waals surface area contributed by atoms with E-state index in [2.05, 4.69) is 6.07 Å². The number of piperidine rings is 1. The molecule has 0 radical (unpaired) electrons. The minimum atomic E-state index is -0.495. The van der Waals surface area contributed by atoms with Crippen LogP contribution in [0.3, 0.4) is 0 Å². The number of carbonyl (C=O) groups is 2. The van der Waals surface area contributed by atoms with Crippen molar-refractivity contribution in [1.29, 1.82) is 0 Å². The van der Waals surface area contributed by atoms with Crippen LogP contribution in [0.1, 0.15) is 38.5 Å². The van der Waals surface area contributed by atoms with Gasteiger partial charge in [0.1, 0.15) is 11.4 Å². The number of likely N-dealkylation sites (tertiary alicyclic amines) is 1. The van der Waals surface area contributed by atoms with Gasteiger partial charge in [-0.15, -0.1) is 11.3 Å². The fraction of sp³-hybridized carbons (Fsp3) is 0.625. The molecular weight excluding hydrogens is 286 g/mol.